The van der Waals surface area contributed by atoms with E-state index in [2.05, 4.69) is 4.98 Å². The summed E-state index contributed by atoms with van der Waals surface area (Å²) in [5.41, 5.74) is 0.545. The Morgan fingerprint density at radius 3 is 2.59 bits per heavy atom. The summed E-state index contributed by atoms with van der Waals surface area (Å²) in [5, 5.41) is 10.3. The van der Waals surface area contributed by atoms with Crippen molar-refractivity contribution in [1.82, 2.24) is 9.88 Å². The minimum atomic E-state index is -0.247. The maximum absolute atomic E-state index is 12.3. The van der Waals surface area contributed by atoms with E-state index in [0.29, 0.717) is 23.6 Å². The van der Waals surface area contributed by atoms with E-state index in [9.17, 15) is 9.90 Å². The van der Waals surface area contributed by atoms with Crippen LogP contribution in [0, 0.1) is 0 Å². The Morgan fingerprint density at radius 1 is 1.41 bits per heavy atom. The van der Waals surface area contributed by atoms with Gasteiger partial charge in [0.05, 0.1) is 11.1 Å². The molecule has 1 amide bonds. The lowest BCUT2D eigenvalue weighted by atomic mass is 9.99. The van der Waals surface area contributed by atoms with Crippen LogP contribution in [0.25, 0.3) is 0 Å². The fraction of sp³-hybridized carbons (Fsp3) is 0.583. The van der Waals surface area contributed by atoms with Gasteiger partial charge in [0.2, 0.25) is 0 Å². The number of aliphatic hydroxyl groups is 1. The van der Waals surface area contributed by atoms with Crippen molar-refractivity contribution in [3.05, 3.63) is 23.0 Å². The fourth-order valence-corrected chi connectivity index (χ4v) is 3.27. The zero-order valence-electron chi connectivity index (χ0n) is 9.40. The molecule has 2 fully saturated rings. The van der Waals surface area contributed by atoms with Crippen molar-refractivity contribution in [3.63, 3.8) is 0 Å². The number of fused-ring (bicyclic) bond motifs is 2. The molecule has 2 aliphatic rings. The van der Waals surface area contributed by atoms with E-state index in [1.54, 1.807) is 12.3 Å². The van der Waals surface area contributed by atoms with Gasteiger partial charge in [0.25, 0.3) is 5.91 Å². The number of rotatable bonds is 1. The molecular formula is C12H15ClN2O2. The summed E-state index contributed by atoms with van der Waals surface area (Å²) in [6.45, 7) is 0. The third-order valence-corrected chi connectivity index (χ3v) is 4.04. The highest BCUT2D eigenvalue weighted by atomic mass is 35.5. The van der Waals surface area contributed by atoms with Crippen LogP contribution in [0.1, 0.15) is 36.2 Å². The Labute approximate surface area is 105 Å². The Morgan fingerprint density at radius 2 is 2.06 bits per heavy atom. The predicted octanol–water partition coefficient (Wildman–Crippen LogP) is 1.80. The number of halogens is 1. The summed E-state index contributed by atoms with van der Waals surface area (Å²) < 4.78 is 0. The molecule has 2 bridgehead atoms. The molecule has 1 aromatic rings. The van der Waals surface area contributed by atoms with Crippen LogP contribution in [0.4, 0.5) is 0 Å². The first-order valence-electron chi connectivity index (χ1n) is 6.00. The topological polar surface area (TPSA) is 56.3 Å². The molecule has 0 spiro atoms. The number of carbonyl (C=O) groups excluding carboxylic acids is 1. The molecule has 0 aliphatic carbocycles. The lowest BCUT2D eigenvalue weighted by Crippen LogP contribution is -2.48. The molecule has 92 valence electrons. The number of hydrogen-bond acceptors (Lipinski definition) is 2. The van der Waals surface area contributed by atoms with Crippen molar-refractivity contribution in [2.75, 3.05) is 0 Å². The van der Waals surface area contributed by atoms with E-state index in [-0.39, 0.29) is 24.1 Å². The number of nitrogens with zero attached hydrogens (tertiary/aromatic N) is 1. The van der Waals surface area contributed by atoms with Gasteiger partial charge in [-0.25, -0.2) is 0 Å². The number of aromatic amines is 1. The summed E-state index contributed by atoms with van der Waals surface area (Å²) in [5.74, 6) is 0.0105. The number of hydrogen-bond donors (Lipinski definition) is 2. The molecule has 2 N–H and O–H groups in total. The average Bonchev–Trinajstić information content (AvgIpc) is 2.81. The second-order valence-electron chi connectivity index (χ2n) is 4.95. The predicted molar refractivity (Wildman–Crippen MR) is 64.0 cm³/mol. The number of piperidine rings is 1. The van der Waals surface area contributed by atoms with Gasteiger partial charge in [-0.2, -0.15) is 0 Å². The number of amides is 1. The normalized spacial score (nSPS) is 31.9. The number of carbonyl (C=O) groups is 1. The van der Waals surface area contributed by atoms with Crippen LogP contribution in [0.15, 0.2) is 12.3 Å². The van der Waals surface area contributed by atoms with Crippen molar-refractivity contribution in [2.24, 2.45) is 0 Å². The number of H-pyrrole nitrogens is 1. The average molecular weight is 255 g/mol. The number of nitrogens with one attached hydrogen (secondary N) is 1. The smallest absolute Gasteiger partial charge is 0.270 e. The number of aliphatic hydroxyl groups excluding tert-OH is 1. The second kappa shape index (κ2) is 4.03. The van der Waals surface area contributed by atoms with E-state index in [1.165, 1.54) is 0 Å². The highest BCUT2D eigenvalue weighted by Gasteiger charge is 2.43. The van der Waals surface area contributed by atoms with Crippen LogP contribution in [-0.2, 0) is 0 Å². The Balaban J connectivity index is 1.83. The van der Waals surface area contributed by atoms with E-state index < -0.39 is 0 Å². The van der Waals surface area contributed by atoms with Gasteiger partial charge in [0, 0.05) is 18.3 Å². The molecule has 2 aliphatic heterocycles. The molecule has 3 rings (SSSR count). The van der Waals surface area contributed by atoms with Gasteiger partial charge in [0.15, 0.2) is 0 Å². The molecule has 2 unspecified atom stereocenters. The van der Waals surface area contributed by atoms with Crippen LogP contribution in [-0.4, -0.2) is 39.1 Å². The van der Waals surface area contributed by atoms with E-state index in [4.69, 9.17) is 11.6 Å². The van der Waals surface area contributed by atoms with Crippen LogP contribution in [0.5, 0.6) is 0 Å². The lowest BCUT2D eigenvalue weighted by Gasteiger charge is -2.36. The Bertz CT molecular complexity index is 431. The van der Waals surface area contributed by atoms with E-state index in [0.717, 1.165) is 12.8 Å². The molecule has 1 aromatic heterocycles. The highest BCUT2D eigenvalue weighted by Crippen LogP contribution is 2.36. The van der Waals surface area contributed by atoms with Gasteiger partial charge in [-0.3, -0.25) is 4.79 Å². The molecule has 0 radical (unpaired) electrons. The summed E-state index contributed by atoms with van der Waals surface area (Å²) in [7, 11) is 0. The minimum Gasteiger partial charge on any atom is -0.393 e. The van der Waals surface area contributed by atoms with Crippen LogP contribution in [0.2, 0.25) is 5.02 Å². The summed E-state index contributed by atoms with van der Waals surface area (Å²) in [6, 6.07) is 2.05. The maximum atomic E-state index is 12.3. The van der Waals surface area contributed by atoms with Crippen LogP contribution < -0.4 is 0 Å². The molecule has 2 saturated heterocycles. The molecular weight excluding hydrogens is 240 g/mol. The summed E-state index contributed by atoms with van der Waals surface area (Å²) >= 11 is 5.81. The Hall–Kier alpha value is -1.00. The first kappa shape index (κ1) is 11.1. The second-order valence-corrected chi connectivity index (χ2v) is 5.39. The van der Waals surface area contributed by atoms with Gasteiger partial charge < -0.3 is 15.0 Å². The Kier molecular flexibility index (Phi) is 2.64. The molecule has 4 nitrogen and oxygen atoms in total. The zero-order valence-corrected chi connectivity index (χ0v) is 10.2. The molecule has 3 heterocycles. The molecule has 5 heteroatoms. The van der Waals surface area contributed by atoms with Crippen molar-refractivity contribution in [2.45, 2.75) is 43.9 Å². The van der Waals surface area contributed by atoms with E-state index >= 15 is 0 Å². The SMILES string of the molecule is O=C(c1cc(Cl)c[nH]1)N1C2CCC1CC(O)C2. The van der Waals surface area contributed by atoms with Crippen molar-refractivity contribution < 1.29 is 9.90 Å². The van der Waals surface area contributed by atoms with Crippen molar-refractivity contribution >= 4 is 17.5 Å². The fourth-order valence-electron chi connectivity index (χ4n) is 3.11. The standard InChI is InChI=1S/C12H15ClN2O2/c13-7-3-11(14-6-7)12(17)15-8-1-2-9(15)5-10(16)4-8/h3,6,8-10,14,16H,1-2,4-5H2. The highest BCUT2D eigenvalue weighted by molar-refractivity contribution is 6.30. The molecule has 0 aromatic carbocycles. The third-order valence-electron chi connectivity index (χ3n) is 3.82. The summed E-state index contributed by atoms with van der Waals surface area (Å²) in [4.78, 5) is 17.2. The quantitative estimate of drug-likeness (QED) is 0.803. The summed E-state index contributed by atoms with van der Waals surface area (Å²) in [6.07, 6.45) is 4.79. The molecule has 2 atom stereocenters. The lowest BCUT2D eigenvalue weighted by molar-refractivity contribution is 0.0283. The van der Waals surface area contributed by atoms with Crippen LogP contribution >= 0.6 is 11.6 Å². The van der Waals surface area contributed by atoms with Crippen molar-refractivity contribution in [1.29, 1.82) is 0 Å². The zero-order chi connectivity index (χ0) is 12.0. The van der Waals surface area contributed by atoms with Crippen LogP contribution in [0.3, 0.4) is 0 Å². The van der Waals surface area contributed by atoms with E-state index in [1.807, 2.05) is 4.90 Å². The molecule has 0 saturated carbocycles. The first-order valence-corrected chi connectivity index (χ1v) is 6.37. The largest absolute Gasteiger partial charge is 0.393 e. The van der Waals surface area contributed by atoms with Gasteiger partial charge in [-0.1, -0.05) is 11.6 Å². The minimum absolute atomic E-state index is 0.0105. The maximum Gasteiger partial charge on any atom is 0.270 e. The van der Waals surface area contributed by atoms with Gasteiger partial charge in [-0.15, -0.1) is 0 Å². The number of aromatic nitrogens is 1. The van der Waals surface area contributed by atoms with Gasteiger partial charge >= 0.3 is 0 Å². The first-order chi connectivity index (χ1) is 8.15. The monoisotopic (exact) mass is 254 g/mol. The molecule has 17 heavy (non-hydrogen) atoms. The van der Waals surface area contributed by atoms with Crippen molar-refractivity contribution in [3.8, 4) is 0 Å². The third kappa shape index (κ3) is 1.85. The van der Waals surface area contributed by atoms with Gasteiger partial charge in [0.1, 0.15) is 5.69 Å². The van der Waals surface area contributed by atoms with Gasteiger partial charge in [-0.05, 0) is 31.7 Å².